The number of aromatic carboxylic acids is 1. The SMILES string of the molecule is Cn1c(=S)[nH]c(=O)c2c(C(=O)O)cc(-c3ccco3)nc21. The Morgan fingerprint density at radius 1 is 1.52 bits per heavy atom. The zero-order chi connectivity index (χ0) is 15.1. The Bertz CT molecular complexity index is 969. The number of furan rings is 1. The molecule has 7 nitrogen and oxygen atoms in total. The molecule has 8 heteroatoms. The van der Waals surface area contributed by atoms with Crippen molar-refractivity contribution in [3.8, 4) is 11.5 Å². The molecule has 0 radical (unpaired) electrons. The van der Waals surface area contributed by atoms with Gasteiger partial charge in [0.25, 0.3) is 5.56 Å². The molecule has 3 aromatic rings. The Labute approximate surface area is 122 Å². The molecule has 0 aliphatic rings. The number of carboxylic acids is 1. The number of carboxylic acid groups (broad SMARTS) is 1. The Balaban J connectivity index is 2.52. The third-order valence-electron chi connectivity index (χ3n) is 3.07. The van der Waals surface area contributed by atoms with E-state index in [9.17, 15) is 14.7 Å². The van der Waals surface area contributed by atoms with Crippen molar-refractivity contribution in [3.05, 3.63) is 45.2 Å². The second-order valence-corrected chi connectivity index (χ2v) is 4.74. The predicted octanol–water partition coefficient (Wildman–Crippen LogP) is 1.95. The van der Waals surface area contributed by atoms with Crippen LogP contribution in [0.2, 0.25) is 0 Å². The van der Waals surface area contributed by atoms with Crippen LogP contribution in [0.4, 0.5) is 0 Å². The van der Waals surface area contributed by atoms with Crippen LogP contribution in [0.25, 0.3) is 22.5 Å². The Morgan fingerprint density at radius 3 is 2.90 bits per heavy atom. The maximum atomic E-state index is 12.0. The van der Waals surface area contributed by atoms with Gasteiger partial charge < -0.3 is 14.1 Å². The molecule has 2 N–H and O–H groups in total. The molecular formula is C13H9N3O4S. The number of pyridine rings is 1. The number of aromatic amines is 1. The normalized spacial score (nSPS) is 10.9. The maximum absolute atomic E-state index is 12.0. The van der Waals surface area contributed by atoms with Crippen molar-refractivity contribution in [1.29, 1.82) is 0 Å². The highest BCUT2D eigenvalue weighted by Gasteiger charge is 2.18. The van der Waals surface area contributed by atoms with Gasteiger partial charge in [-0.1, -0.05) is 0 Å². The van der Waals surface area contributed by atoms with Crippen molar-refractivity contribution in [1.82, 2.24) is 14.5 Å². The fraction of sp³-hybridized carbons (Fsp3) is 0.0769. The topological polar surface area (TPSA) is 101 Å². The molecule has 0 fully saturated rings. The molecule has 0 unspecified atom stereocenters. The summed E-state index contributed by atoms with van der Waals surface area (Å²) >= 11 is 5.02. The molecule has 106 valence electrons. The van der Waals surface area contributed by atoms with Crippen molar-refractivity contribution in [3.63, 3.8) is 0 Å². The predicted molar refractivity (Wildman–Crippen MR) is 76.8 cm³/mol. The van der Waals surface area contributed by atoms with Gasteiger partial charge >= 0.3 is 5.97 Å². The van der Waals surface area contributed by atoms with Crippen molar-refractivity contribution >= 4 is 29.2 Å². The van der Waals surface area contributed by atoms with Gasteiger partial charge in [0.05, 0.1) is 17.2 Å². The van der Waals surface area contributed by atoms with Gasteiger partial charge in [-0.25, -0.2) is 9.78 Å². The second-order valence-electron chi connectivity index (χ2n) is 4.35. The highest BCUT2D eigenvalue weighted by molar-refractivity contribution is 7.71. The first kappa shape index (κ1) is 13.3. The molecule has 0 spiro atoms. The Hall–Kier alpha value is -2.74. The molecule has 0 saturated heterocycles. The van der Waals surface area contributed by atoms with Crippen molar-refractivity contribution in [2.45, 2.75) is 0 Å². The summed E-state index contributed by atoms with van der Waals surface area (Å²) in [6.07, 6.45) is 1.46. The van der Waals surface area contributed by atoms with Crippen LogP contribution >= 0.6 is 12.2 Å². The lowest BCUT2D eigenvalue weighted by Crippen LogP contribution is -2.17. The van der Waals surface area contributed by atoms with Crippen LogP contribution in [0.5, 0.6) is 0 Å². The third-order valence-corrected chi connectivity index (χ3v) is 3.45. The number of H-pyrrole nitrogens is 1. The number of nitrogens with zero attached hydrogens (tertiary/aromatic N) is 2. The largest absolute Gasteiger partial charge is 0.478 e. The molecule has 0 aromatic carbocycles. The van der Waals surface area contributed by atoms with E-state index in [0.29, 0.717) is 11.5 Å². The summed E-state index contributed by atoms with van der Waals surface area (Å²) in [4.78, 5) is 30.2. The molecule has 0 aliphatic heterocycles. The van der Waals surface area contributed by atoms with E-state index in [1.54, 1.807) is 19.2 Å². The molecule has 0 aliphatic carbocycles. The van der Waals surface area contributed by atoms with Crippen molar-refractivity contribution in [2.75, 3.05) is 0 Å². The smallest absolute Gasteiger partial charge is 0.336 e. The lowest BCUT2D eigenvalue weighted by atomic mass is 10.1. The van der Waals surface area contributed by atoms with Crippen LogP contribution < -0.4 is 5.56 Å². The van der Waals surface area contributed by atoms with E-state index >= 15 is 0 Å². The van der Waals surface area contributed by atoms with Gasteiger partial charge in [0.2, 0.25) is 0 Å². The standard InChI is InChI=1S/C13H9N3O4S/c1-16-10-9(11(17)15-13(16)21)6(12(18)19)5-7(14-10)8-3-2-4-20-8/h2-5H,1H3,(H,18,19)(H,15,17,21). The second kappa shape index (κ2) is 4.67. The maximum Gasteiger partial charge on any atom is 0.336 e. The number of aromatic nitrogens is 3. The summed E-state index contributed by atoms with van der Waals surface area (Å²) in [7, 11) is 1.60. The lowest BCUT2D eigenvalue weighted by Gasteiger charge is -2.08. The summed E-state index contributed by atoms with van der Waals surface area (Å²) in [6, 6.07) is 4.63. The van der Waals surface area contributed by atoms with Gasteiger partial charge in [-0.05, 0) is 30.4 Å². The molecule has 21 heavy (non-hydrogen) atoms. The van der Waals surface area contributed by atoms with Gasteiger partial charge in [0.15, 0.2) is 10.5 Å². The lowest BCUT2D eigenvalue weighted by molar-refractivity contribution is 0.0699. The number of nitrogens with one attached hydrogen (secondary N) is 1. The molecule has 0 atom stereocenters. The molecular weight excluding hydrogens is 294 g/mol. The van der Waals surface area contributed by atoms with Gasteiger partial charge in [-0.15, -0.1) is 0 Å². The number of hydrogen-bond acceptors (Lipinski definition) is 5. The molecule has 0 saturated carbocycles. The number of rotatable bonds is 2. The van der Waals surface area contributed by atoms with Crippen molar-refractivity contribution in [2.24, 2.45) is 7.05 Å². The Morgan fingerprint density at radius 2 is 2.29 bits per heavy atom. The van der Waals surface area contributed by atoms with Crippen LogP contribution in [0.1, 0.15) is 10.4 Å². The van der Waals surface area contributed by atoms with Crippen LogP contribution in [-0.4, -0.2) is 25.6 Å². The van der Waals surface area contributed by atoms with Crippen molar-refractivity contribution < 1.29 is 14.3 Å². The minimum Gasteiger partial charge on any atom is -0.478 e. The van der Waals surface area contributed by atoms with Gasteiger partial charge in [0, 0.05) is 7.05 Å². The fourth-order valence-electron chi connectivity index (χ4n) is 2.06. The highest BCUT2D eigenvalue weighted by Crippen LogP contribution is 2.23. The van der Waals surface area contributed by atoms with Crippen LogP contribution in [0.3, 0.4) is 0 Å². The molecule has 0 bridgehead atoms. The summed E-state index contributed by atoms with van der Waals surface area (Å²) in [5.41, 5.74) is -0.224. The molecule has 3 heterocycles. The van der Waals surface area contributed by atoms with E-state index in [0.717, 1.165) is 0 Å². The minimum atomic E-state index is -1.22. The highest BCUT2D eigenvalue weighted by atomic mass is 32.1. The first-order valence-electron chi connectivity index (χ1n) is 5.90. The minimum absolute atomic E-state index is 0.0195. The third kappa shape index (κ3) is 2.05. The molecule has 0 amide bonds. The van der Waals surface area contributed by atoms with Gasteiger partial charge in [-0.3, -0.25) is 9.78 Å². The van der Waals surface area contributed by atoms with Gasteiger partial charge in [0.1, 0.15) is 11.3 Å². The number of hydrogen-bond donors (Lipinski definition) is 2. The van der Waals surface area contributed by atoms with E-state index in [1.807, 2.05) is 0 Å². The first-order chi connectivity index (χ1) is 9.99. The molecule has 3 aromatic heterocycles. The average Bonchev–Trinajstić information content (AvgIpc) is 2.97. The Kier molecular flexibility index (Phi) is 2.95. The first-order valence-corrected chi connectivity index (χ1v) is 6.31. The summed E-state index contributed by atoms with van der Waals surface area (Å²) in [5, 5.41) is 9.32. The molecule has 3 rings (SSSR count). The van der Waals surface area contributed by atoms with E-state index in [4.69, 9.17) is 16.6 Å². The average molecular weight is 303 g/mol. The van der Waals surface area contributed by atoms with E-state index in [1.165, 1.54) is 16.9 Å². The van der Waals surface area contributed by atoms with E-state index in [2.05, 4.69) is 9.97 Å². The van der Waals surface area contributed by atoms with Crippen LogP contribution in [0.15, 0.2) is 33.7 Å². The quantitative estimate of drug-likeness (QED) is 0.702. The summed E-state index contributed by atoms with van der Waals surface area (Å²) < 4.78 is 6.84. The van der Waals surface area contributed by atoms with Crippen LogP contribution in [0, 0.1) is 4.77 Å². The summed E-state index contributed by atoms with van der Waals surface area (Å²) in [6.45, 7) is 0. The monoisotopic (exact) mass is 303 g/mol. The van der Waals surface area contributed by atoms with E-state index < -0.39 is 11.5 Å². The fourth-order valence-corrected chi connectivity index (χ4v) is 2.24. The zero-order valence-electron chi connectivity index (χ0n) is 10.8. The number of aryl methyl sites for hydroxylation is 1. The van der Waals surface area contributed by atoms with Gasteiger partial charge in [-0.2, -0.15) is 0 Å². The summed E-state index contributed by atoms with van der Waals surface area (Å²) in [5.74, 6) is -0.816. The number of carbonyl (C=O) groups is 1. The zero-order valence-corrected chi connectivity index (χ0v) is 11.6. The number of fused-ring (bicyclic) bond motifs is 1. The van der Waals surface area contributed by atoms with Crippen LogP contribution in [-0.2, 0) is 7.05 Å². The van der Waals surface area contributed by atoms with E-state index in [-0.39, 0.29) is 21.4 Å².